The fourth-order valence-electron chi connectivity index (χ4n) is 3.90. The molecule has 0 unspecified atom stereocenters. The van der Waals surface area contributed by atoms with E-state index in [0.29, 0.717) is 27.1 Å². The molecule has 1 aliphatic rings. The lowest BCUT2D eigenvalue weighted by atomic mass is 10.1. The third-order valence-electron chi connectivity index (χ3n) is 5.54. The second kappa shape index (κ2) is 9.70. The highest BCUT2D eigenvalue weighted by Crippen LogP contribution is 2.37. The first-order chi connectivity index (χ1) is 15.8. The molecule has 1 aliphatic carbocycles. The first-order valence-electron chi connectivity index (χ1n) is 10.5. The maximum Gasteiger partial charge on any atom is 0.265 e. The van der Waals surface area contributed by atoms with Gasteiger partial charge in [0, 0.05) is 10.9 Å². The van der Waals surface area contributed by atoms with Crippen LogP contribution in [0, 0.1) is 12.8 Å². The summed E-state index contributed by atoms with van der Waals surface area (Å²) in [4.78, 5) is 17.7. The number of carbonyl (C=O) groups excluding carboxylic acids is 1. The second-order valence-electron chi connectivity index (χ2n) is 7.89. The highest BCUT2D eigenvalue weighted by atomic mass is 35.5. The van der Waals surface area contributed by atoms with E-state index in [4.69, 9.17) is 16.3 Å². The molecule has 33 heavy (non-hydrogen) atoms. The molecule has 0 aliphatic heterocycles. The lowest BCUT2D eigenvalue weighted by Crippen LogP contribution is -2.20. The van der Waals surface area contributed by atoms with Gasteiger partial charge < -0.3 is 10.1 Å². The molecule has 1 heterocycles. The Labute approximate surface area is 202 Å². The predicted octanol–water partition coefficient (Wildman–Crippen LogP) is 5.71. The Morgan fingerprint density at radius 3 is 2.64 bits per heavy atom. The summed E-state index contributed by atoms with van der Waals surface area (Å²) in [5, 5.41) is 3.85. The molecule has 2 aromatic carbocycles. The molecule has 10 heteroatoms. The number of aromatic nitrogens is 1. The number of halogens is 1. The van der Waals surface area contributed by atoms with Gasteiger partial charge in [0.05, 0.1) is 23.4 Å². The van der Waals surface area contributed by atoms with E-state index in [9.17, 15) is 13.2 Å². The molecule has 1 amide bonds. The molecule has 174 valence electrons. The second-order valence-corrected chi connectivity index (χ2v) is 11.0. The number of anilines is 2. The number of methoxy groups -OCH3 is 1. The van der Waals surface area contributed by atoms with Crippen molar-refractivity contribution in [3.8, 4) is 16.2 Å². The van der Waals surface area contributed by atoms with Gasteiger partial charge in [0.2, 0.25) is 5.91 Å². The van der Waals surface area contributed by atoms with Gasteiger partial charge in [-0.1, -0.05) is 41.8 Å². The van der Waals surface area contributed by atoms with Crippen molar-refractivity contribution in [1.29, 1.82) is 0 Å². The average Bonchev–Trinajstić information content (AvgIpc) is 3.43. The van der Waals surface area contributed by atoms with E-state index in [2.05, 4.69) is 15.0 Å². The zero-order valence-electron chi connectivity index (χ0n) is 18.2. The highest BCUT2D eigenvalue weighted by molar-refractivity contribution is 7.92. The van der Waals surface area contributed by atoms with E-state index in [-0.39, 0.29) is 22.5 Å². The molecule has 4 rings (SSSR count). The standard InChI is InChI=1S/C23H24ClN3O4S2/c1-14-21(32-23(25-14)26-22(28)15-6-3-4-7-15)16-10-11-19(31-2)20(12-16)33(29,30)27-18-9-5-8-17(24)13-18/h5,8-13,15,27H,3-4,6-7H2,1-2H3,(H,25,26,28). The summed E-state index contributed by atoms with van der Waals surface area (Å²) < 4.78 is 34.2. The van der Waals surface area contributed by atoms with Gasteiger partial charge in [0.15, 0.2) is 5.13 Å². The molecular formula is C23H24ClN3O4S2. The number of nitrogens with zero attached hydrogens (tertiary/aromatic N) is 1. The summed E-state index contributed by atoms with van der Waals surface area (Å²) >= 11 is 7.31. The Bertz CT molecular complexity index is 1280. The van der Waals surface area contributed by atoms with Crippen molar-refractivity contribution in [1.82, 2.24) is 4.98 Å². The maximum atomic E-state index is 13.2. The number of rotatable bonds is 7. The number of benzene rings is 2. The van der Waals surface area contributed by atoms with Crippen molar-refractivity contribution in [2.24, 2.45) is 5.92 Å². The van der Waals surface area contributed by atoms with Crippen molar-refractivity contribution < 1.29 is 17.9 Å². The molecule has 0 saturated heterocycles. The molecular weight excluding hydrogens is 482 g/mol. The average molecular weight is 506 g/mol. The molecule has 1 saturated carbocycles. The Hall–Kier alpha value is -2.62. The van der Waals surface area contributed by atoms with Crippen LogP contribution in [0.1, 0.15) is 31.4 Å². The third kappa shape index (κ3) is 5.31. The number of amides is 1. The first kappa shape index (κ1) is 23.5. The normalized spacial score (nSPS) is 14.3. The molecule has 1 aromatic heterocycles. The largest absolute Gasteiger partial charge is 0.495 e. The van der Waals surface area contributed by atoms with Crippen LogP contribution in [-0.4, -0.2) is 26.4 Å². The number of hydrogen-bond donors (Lipinski definition) is 2. The smallest absolute Gasteiger partial charge is 0.265 e. The SMILES string of the molecule is COc1ccc(-c2sc(NC(=O)C3CCCC3)nc2C)cc1S(=O)(=O)Nc1cccc(Cl)c1. The topological polar surface area (TPSA) is 97.4 Å². The molecule has 0 atom stereocenters. The van der Waals surface area contributed by atoms with Crippen molar-refractivity contribution in [3.05, 3.63) is 53.2 Å². The Kier molecular flexibility index (Phi) is 6.92. The summed E-state index contributed by atoms with van der Waals surface area (Å²) in [7, 11) is -2.54. The predicted molar refractivity (Wildman–Crippen MR) is 132 cm³/mol. The minimum absolute atomic E-state index is 0.00322. The van der Waals surface area contributed by atoms with Crippen LogP contribution < -0.4 is 14.8 Å². The lowest BCUT2D eigenvalue weighted by molar-refractivity contribution is -0.119. The van der Waals surface area contributed by atoms with E-state index in [0.717, 1.165) is 30.6 Å². The van der Waals surface area contributed by atoms with E-state index in [1.54, 1.807) is 36.4 Å². The number of sulfonamides is 1. The number of aryl methyl sites for hydroxylation is 1. The summed E-state index contributed by atoms with van der Waals surface area (Å²) in [6, 6.07) is 11.4. The van der Waals surface area contributed by atoms with Gasteiger partial charge in [0.25, 0.3) is 10.0 Å². The molecule has 7 nitrogen and oxygen atoms in total. The van der Waals surface area contributed by atoms with Crippen LogP contribution in [0.15, 0.2) is 47.4 Å². The van der Waals surface area contributed by atoms with Crippen molar-refractivity contribution in [3.63, 3.8) is 0 Å². The third-order valence-corrected chi connectivity index (χ3v) is 8.30. The van der Waals surface area contributed by atoms with Crippen LogP contribution in [0.5, 0.6) is 5.75 Å². The van der Waals surface area contributed by atoms with Crippen LogP contribution >= 0.6 is 22.9 Å². The molecule has 3 aromatic rings. The molecule has 2 N–H and O–H groups in total. The number of ether oxygens (including phenoxy) is 1. The van der Waals surface area contributed by atoms with Gasteiger partial charge >= 0.3 is 0 Å². The van der Waals surface area contributed by atoms with Gasteiger partial charge in [-0.05, 0) is 61.7 Å². The van der Waals surface area contributed by atoms with Gasteiger partial charge in [-0.25, -0.2) is 13.4 Å². The summed E-state index contributed by atoms with van der Waals surface area (Å²) in [6.45, 7) is 1.83. The fraction of sp³-hybridized carbons (Fsp3) is 0.304. The zero-order chi connectivity index (χ0) is 23.6. The highest BCUT2D eigenvalue weighted by Gasteiger charge is 2.25. The van der Waals surface area contributed by atoms with Gasteiger partial charge in [-0.15, -0.1) is 0 Å². The van der Waals surface area contributed by atoms with E-state index in [1.165, 1.54) is 24.5 Å². The first-order valence-corrected chi connectivity index (χ1v) is 13.2. The van der Waals surface area contributed by atoms with Gasteiger partial charge in [0.1, 0.15) is 10.6 Å². The minimum atomic E-state index is -3.96. The molecule has 0 bridgehead atoms. The Morgan fingerprint density at radius 2 is 1.94 bits per heavy atom. The number of carbonyl (C=O) groups is 1. The Morgan fingerprint density at radius 1 is 1.18 bits per heavy atom. The fourth-order valence-corrected chi connectivity index (χ4v) is 6.30. The van der Waals surface area contributed by atoms with Crippen LogP contribution in [0.2, 0.25) is 5.02 Å². The molecule has 0 radical (unpaired) electrons. The van der Waals surface area contributed by atoms with Gasteiger partial charge in [-0.3, -0.25) is 9.52 Å². The summed E-state index contributed by atoms with van der Waals surface area (Å²) in [5.41, 5.74) is 1.72. The Balaban J connectivity index is 1.64. The number of hydrogen-bond acceptors (Lipinski definition) is 6. The summed E-state index contributed by atoms with van der Waals surface area (Å²) in [6.07, 6.45) is 3.96. The minimum Gasteiger partial charge on any atom is -0.495 e. The van der Waals surface area contributed by atoms with E-state index in [1.807, 2.05) is 6.92 Å². The molecule has 1 fully saturated rings. The van der Waals surface area contributed by atoms with Crippen molar-refractivity contribution in [2.75, 3.05) is 17.1 Å². The van der Waals surface area contributed by atoms with E-state index < -0.39 is 10.0 Å². The number of thiazole rings is 1. The lowest BCUT2D eigenvalue weighted by Gasteiger charge is -2.13. The van der Waals surface area contributed by atoms with Crippen LogP contribution in [0.3, 0.4) is 0 Å². The number of nitrogens with one attached hydrogen (secondary N) is 2. The van der Waals surface area contributed by atoms with Crippen molar-refractivity contribution in [2.45, 2.75) is 37.5 Å². The van der Waals surface area contributed by atoms with Crippen molar-refractivity contribution >= 4 is 49.7 Å². The molecule has 0 spiro atoms. The monoisotopic (exact) mass is 505 g/mol. The summed E-state index contributed by atoms with van der Waals surface area (Å²) in [5.74, 6) is 0.245. The van der Waals surface area contributed by atoms with Crippen LogP contribution in [0.25, 0.3) is 10.4 Å². The van der Waals surface area contributed by atoms with Crippen LogP contribution in [0.4, 0.5) is 10.8 Å². The quantitative estimate of drug-likeness (QED) is 0.428. The van der Waals surface area contributed by atoms with E-state index >= 15 is 0 Å². The van der Waals surface area contributed by atoms with Gasteiger partial charge in [-0.2, -0.15) is 0 Å². The van der Waals surface area contributed by atoms with Crippen LogP contribution in [-0.2, 0) is 14.8 Å². The zero-order valence-corrected chi connectivity index (χ0v) is 20.6. The maximum absolute atomic E-state index is 13.2.